The van der Waals surface area contributed by atoms with Crippen LogP contribution in [-0.4, -0.2) is 45.4 Å². The normalized spacial score (nSPS) is 14.8. The molecule has 0 saturated carbocycles. The third kappa shape index (κ3) is 6.25. The number of carbonyl (C=O) groups is 1. The summed E-state index contributed by atoms with van der Waals surface area (Å²) in [5.74, 6) is 0. The summed E-state index contributed by atoms with van der Waals surface area (Å²) in [5.41, 5.74) is -2.47. The summed E-state index contributed by atoms with van der Waals surface area (Å²) in [6.07, 6.45) is -0.131. The lowest BCUT2D eigenvalue weighted by Gasteiger charge is -2.19. The van der Waals surface area contributed by atoms with E-state index in [1.54, 1.807) is 0 Å². The average molecular weight is 629 g/mol. The van der Waals surface area contributed by atoms with Gasteiger partial charge in [-0.3, -0.25) is 0 Å². The molecule has 3 unspecified atom stereocenters. The summed E-state index contributed by atoms with van der Waals surface area (Å²) in [5, 5.41) is 11.3. The van der Waals surface area contributed by atoms with Crippen LogP contribution in [-0.2, 0) is 17.9 Å². The van der Waals surface area contributed by atoms with Gasteiger partial charge in [-0.05, 0) is 12.8 Å². The fourth-order valence-corrected chi connectivity index (χ4v) is 3.21. The molecule has 3 atom stereocenters. The summed E-state index contributed by atoms with van der Waals surface area (Å²) in [6, 6.07) is 0. The molecule has 1 aromatic rings. The number of nitrogens with zero attached hydrogens (tertiary/aromatic N) is 3. The van der Waals surface area contributed by atoms with Crippen LogP contribution in [0.3, 0.4) is 0 Å². The summed E-state index contributed by atoms with van der Waals surface area (Å²) < 4.78 is 2.53. The maximum atomic E-state index is 12.7. The SMILES string of the molecule is O=CCCCC(O)n1c(=O)n(CC(Br)CBr)c(=O)n(CC(Br)CBr)c1=O. The number of alkyl halides is 4. The molecule has 12 heteroatoms. The van der Waals surface area contributed by atoms with Crippen molar-refractivity contribution in [2.24, 2.45) is 0 Å². The van der Waals surface area contributed by atoms with Gasteiger partial charge in [0.2, 0.25) is 0 Å². The number of halogens is 4. The van der Waals surface area contributed by atoms with Crippen molar-refractivity contribution in [3.63, 3.8) is 0 Å². The molecule has 148 valence electrons. The first-order valence-electron chi connectivity index (χ1n) is 7.76. The van der Waals surface area contributed by atoms with Crippen LogP contribution in [0, 0.1) is 0 Å². The zero-order chi connectivity index (χ0) is 19.9. The number of aromatic nitrogens is 3. The van der Waals surface area contributed by atoms with Gasteiger partial charge in [-0.15, -0.1) is 0 Å². The zero-order valence-electron chi connectivity index (χ0n) is 13.7. The van der Waals surface area contributed by atoms with Crippen LogP contribution >= 0.6 is 63.7 Å². The Morgan fingerprint density at radius 3 is 1.77 bits per heavy atom. The van der Waals surface area contributed by atoms with Crippen molar-refractivity contribution in [3.8, 4) is 0 Å². The summed E-state index contributed by atoms with van der Waals surface area (Å²) in [7, 11) is 0. The standard InChI is InChI=1S/C14H19Br4N3O5/c15-5-9(17)7-19-12(24)20(8-10(18)6-16)14(26)21(13(19)25)11(23)3-1-2-4-22/h4,9-11,23H,1-3,5-8H2. The maximum Gasteiger partial charge on any atom is 0.338 e. The van der Waals surface area contributed by atoms with Gasteiger partial charge in [0.05, 0.1) is 0 Å². The minimum absolute atomic E-state index is 0.0333. The van der Waals surface area contributed by atoms with E-state index in [1.165, 1.54) is 0 Å². The fraction of sp³-hybridized carbons (Fsp3) is 0.714. The van der Waals surface area contributed by atoms with Crippen LogP contribution in [0.2, 0.25) is 0 Å². The summed E-state index contributed by atoms with van der Waals surface area (Å²) in [6.45, 7) is 0.0665. The molecule has 1 rings (SSSR count). The van der Waals surface area contributed by atoms with Crippen molar-refractivity contribution in [2.45, 2.75) is 48.2 Å². The number of carbonyl (C=O) groups excluding carboxylic acids is 1. The molecule has 8 nitrogen and oxygen atoms in total. The van der Waals surface area contributed by atoms with Crippen LogP contribution in [0.4, 0.5) is 0 Å². The van der Waals surface area contributed by atoms with Crippen molar-refractivity contribution in [1.29, 1.82) is 0 Å². The van der Waals surface area contributed by atoms with Gasteiger partial charge in [0.15, 0.2) is 0 Å². The molecule has 26 heavy (non-hydrogen) atoms. The van der Waals surface area contributed by atoms with Gasteiger partial charge in [-0.1, -0.05) is 63.7 Å². The minimum Gasteiger partial charge on any atom is -0.373 e. The summed E-state index contributed by atoms with van der Waals surface area (Å²) >= 11 is 13.2. The van der Waals surface area contributed by atoms with Gasteiger partial charge in [-0.25, -0.2) is 28.1 Å². The Morgan fingerprint density at radius 1 is 0.923 bits per heavy atom. The lowest BCUT2D eigenvalue weighted by Crippen LogP contribution is -2.56. The predicted octanol–water partition coefficient (Wildman–Crippen LogP) is 1.35. The fourth-order valence-electron chi connectivity index (χ4n) is 2.23. The van der Waals surface area contributed by atoms with Crippen molar-refractivity contribution in [2.75, 3.05) is 10.7 Å². The van der Waals surface area contributed by atoms with Gasteiger partial charge in [-0.2, -0.15) is 0 Å². The number of unbranched alkanes of at least 4 members (excludes halogenated alkanes) is 1. The maximum absolute atomic E-state index is 12.7. The first-order valence-corrected chi connectivity index (χ1v) is 11.8. The Labute approximate surface area is 183 Å². The van der Waals surface area contributed by atoms with E-state index in [4.69, 9.17) is 0 Å². The van der Waals surface area contributed by atoms with Crippen LogP contribution in [0.1, 0.15) is 25.5 Å². The molecular formula is C14H19Br4N3O5. The highest BCUT2D eigenvalue weighted by atomic mass is 79.9. The molecule has 0 radical (unpaired) electrons. The number of aliphatic hydroxyl groups is 1. The van der Waals surface area contributed by atoms with E-state index < -0.39 is 23.3 Å². The van der Waals surface area contributed by atoms with E-state index in [2.05, 4.69) is 63.7 Å². The number of rotatable bonds is 11. The Morgan fingerprint density at radius 2 is 1.38 bits per heavy atom. The third-order valence-electron chi connectivity index (χ3n) is 3.51. The molecule has 0 spiro atoms. The first-order chi connectivity index (χ1) is 12.3. The van der Waals surface area contributed by atoms with Crippen LogP contribution < -0.4 is 17.1 Å². The van der Waals surface area contributed by atoms with E-state index in [-0.39, 0.29) is 35.6 Å². The second-order valence-electron chi connectivity index (χ2n) is 5.52. The smallest absolute Gasteiger partial charge is 0.338 e. The number of aldehydes is 1. The van der Waals surface area contributed by atoms with Crippen LogP contribution in [0.15, 0.2) is 14.4 Å². The largest absolute Gasteiger partial charge is 0.373 e. The highest BCUT2D eigenvalue weighted by molar-refractivity contribution is 9.12. The van der Waals surface area contributed by atoms with Gasteiger partial charge in [0.1, 0.15) is 12.5 Å². The topological polar surface area (TPSA) is 103 Å². The molecule has 0 bridgehead atoms. The van der Waals surface area contributed by atoms with E-state index in [9.17, 15) is 24.3 Å². The third-order valence-corrected chi connectivity index (χ3v) is 8.04. The molecule has 0 aliphatic rings. The highest BCUT2D eigenvalue weighted by Gasteiger charge is 2.22. The molecule has 0 amide bonds. The molecular weight excluding hydrogens is 610 g/mol. The van der Waals surface area contributed by atoms with Crippen LogP contribution in [0.5, 0.6) is 0 Å². The van der Waals surface area contributed by atoms with Gasteiger partial charge >= 0.3 is 17.1 Å². The van der Waals surface area contributed by atoms with Crippen molar-refractivity contribution < 1.29 is 9.90 Å². The Kier molecular flexibility index (Phi) is 10.8. The molecule has 0 fully saturated rings. The Balaban J connectivity index is 3.51. The zero-order valence-corrected chi connectivity index (χ0v) is 20.0. The lowest BCUT2D eigenvalue weighted by molar-refractivity contribution is -0.108. The highest BCUT2D eigenvalue weighted by Crippen LogP contribution is 2.09. The molecule has 0 aliphatic carbocycles. The Bertz CT molecular complexity index is 725. The molecule has 1 heterocycles. The predicted molar refractivity (Wildman–Crippen MR) is 113 cm³/mol. The van der Waals surface area contributed by atoms with Crippen molar-refractivity contribution in [1.82, 2.24) is 13.7 Å². The van der Waals surface area contributed by atoms with Gasteiger partial charge in [0, 0.05) is 39.8 Å². The van der Waals surface area contributed by atoms with Gasteiger partial charge < -0.3 is 9.90 Å². The van der Waals surface area contributed by atoms with E-state index in [0.29, 0.717) is 27.9 Å². The average Bonchev–Trinajstić information content (AvgIpc) is 2.62. The van der Waals surface area contributed by atoms with Crippen molar-refractivity contribution >= 4 is 70.0 Å². The minimum atomic E-state index is -1.41. The van der Waals surface area contributed by atoms with E-state index in [1.807, 2.05) is 0 Å². The number of hydrogen-bond donors (Lipinski definition) is 1. The molecule has 1 N–H and O–H groups in total. The summed E-state index contributed by atoms with van der Waals surface area (Å²) in [4.78, 5) is 48.0. The second kappa shape index (κ2) is 11.7. The molecule has 0 aromatic carbocycles. The van der Waals surface area contributed by atoms with Crippen LogP contribution in [0.25, 0.3) is 0 Å². The molecule has 1 aromatic heterocycles. The Hall–Kier alpha value is -0.0400. The molecule has 0 saturated heterocycles. The van der Waals surface area contributed by atoms with Gasteiger partial charge in [0.25, 0.3) is 0 Å². The first kappa shape index (κ1) is 24.0. The van der Waals surface area contributed by atoms with E-state index >= 15 is 0 Å². The lowest BCUT2D eigenvalue weighted by atomic mass is 10.2. The van der Waals surface area contributed by atoms with E-state index in [0.717, 1.165) is 9.13 Å². The number of hydrogen-bond acceptors (Lipinski definition) is 5. The quantitative estimate of drug-likeness (QED) is 0.227. The monoisotopic (exact) mass is 625 g/mol. The second-order valence-corrected chi connectivity index (χ2v) is 9.41. The van der Waals surface area contributed by atoms with Crippen molar-refractivity contribution in [3.05, 3.63) is 31.5 Å². The number of aliphatic hydroxyl groups excluding tert-OH is 1. The molecule has 0 aliphatic heterocycles.